The van der Waals surface area contributed by atoms with Crippen molar-refractivity contribution in [2.75, 3.05) is 12.4 Å². The molecule has 0 spiro atoms. The normalized spacial score (nSPS) is 10.1. The summed E-state index contributed by atoms with van der Waals surface area (Å²) < 4.78 is 6.81. The van der Waals surface area contributed by atoms with E-state index in [-0.39, 0.29) is 0 Å². The quantitative estimate of drug-likeness (QED) is 0.929. The predicted molar refractivity (Wildman–Crippen MR) is 72.7 cm³/mol. The van der Waals surface area contributed by atoms with Crippen molar-refractivity contribution in [3.8, 4) is 11.5 Å². The molecule has 0 saturated heterocycles. The Morgan fingerprint density at radius 1 is 1.18 bits per heavy atom. The second kappa shape index (κ2) is 5.19. The number of ether oxygens (including phenoxy) is 1. The maximum atomic E-state index is 5.73. The van der Waals surface area contributed by atoms with Crippen molar-refractivity contribution in [3.63, 3.8) is 0 Å². The molecule has 0 aliphatic rings. The first-order valence-corrected chi connectivity index (χ1v) is 6.05. The molecule has 0 atom stereocenters. The lowest BCUT2D eigenvalue weighted by Gasteiger charge is -2.08. The molecule has 0 saturated carbocycles. The number of rotatable bonds is 3. The molecule has 0 radical (unpaired) electrons. The summed E-state index contributed by atoms with van der Waals surface area (Å²) >= 11 is 3.46. The number of benzene rings is 1. The molecule has 0 aliphatic carbocycles. The first-order chi connectivity index (χ1) is 8.19. The number of hydrogen-bond donors (Lipinski definition) is 1. The molecule has 3 nitrogen and oxygen atoms in total. The van der Waals surface area contributed by atoms with Crippen molar-refractivity contribution in [2.45, 2.75) is 6.92 Å². The molecule has 2 aromatic rings. The van der Waals surface area contributed by atoms with Crippen molar-refractivity contribution >= 4 is 21.6 Å². The number of halogens is 1. The highest BCUT2D eigenvalue weighted by atomic mass is 79.9. The van der Waals surface area contributed by atoms with Gasteiger partial charge in [-0.25, -0.2) is 0 Å². The summed E-state index contributed by atoms with van der Waals surface area (Å²) in [6.07, 6.45) is 3.44. The summed E-state index contributed by atoms with van der Waals surface area (Å²) in [7, 11) is 1.85. The van der Waals surface area contributed by atoms with Gasteiger partial charge in [0.25, 0.3) is 0 Å². The Hall–Kier alpha value is -1.55. The minimum atomic E-state index is 0.721. The van der Waals surface area contributed by atoms with E-state index in [9.17, 15) is 0 Å². The Morgan fingerprint density at radius 3 is 2.71 bits per heavy atom. The van der Waals surface area contributed by atoms with Gasteiger partial charge in [0.15, 0.2) is 0 Å². The predicted octanol–water partition coefficient (Wildman–Crippen LogP) is 3.99. The van der Waals surface area contributed by atoms with Crippen LogP contribution in [0.4, 0.5) is 5.69 Å². The fourth-order valence-corrected chi connectivity index (χ4v) is 1.67. The van der Waals surface area contributed by atoms with Gasteiger partial charge in [-0.05, 0) is 30.7 Å². The minimum Gasteiger partial charge on any atom is -0.456 e. The second-order valence-electron chi connectivity index (χ2n) is 3.67. The van der Waals surface area contributed by atoms with Gasteiger partial charge in [-0.15, -0.1) is 0 Å². The van der Waals surface area contributed by atoms with Crippen LogP contribution in [0.5, 0.6) is 11.5 Å². The van der Waals surface area contributed by atoms with Crippen molar-refractivity contribution in [3.05, 3.63) is 46.7 Å². The number of nitrogens with zero attached hydrogens (tertiary/aromatic N) is 1. The minimum absolute atomic E-state index is 0.721. The van der Waals surface area contributed by atoms with Crippen LogP contribution in [-0.4, -0.2) is 12.0 Å². The molecule has 0 amide bonds. The lowest BCUT2D eigenvalue weighted by Crippen LogP contribution is -1.91. The molecule has 4 heteroatoms. The average molecular weight is 293 g/mol. The standard InChI is InChI=1S/C13H13BrN2O/c1-9-5-11(3-4-13(9)14)17-12-6-10(15-2)7-16-8-12/h3-8,15H,1-2H3. The number of hydrogen-bond acceptors (Lipinski definition) is 3. The Morgan fingerprint density at radius 2 is 2.00 bits per heavy atom. The number of nitrogens with one attached hydrogen (secondary N) is 1. The van der Waals surface area contributed by atoms with Gasteiger partial charge in [0.2, 0.25) is 0 Å². The highest BCUT2D eigenvalue weighted by Gasteiger charge is 2.01. The summed E-state index contributed by atoms with van der Waals surface area (Å²) in [5, 5.41) is 3.02. The third-order valence-corrected chi connectivity index (χ3v) is 3.26. The van der Waals surface area contributed by atoms with Gasteiger partial charge < -0.3 is 10.1 Å². The number of aryl methyl sites for hydroxylation is 1. The van der Waals surface area contributed by atoms with Gasteiger partial charge in [-0.2, -0.15) is 0 Å². The van der Waals surface area contributed by atoms with E-state index >= 15 is 0 Å². The summed E-state index contributed by atoms with van der Waals surface area (Å²) in [4.78, 5) is 4.09. The van der Waals surface area contributed by atoms with Crippen LogP contribution >= 0.6 is 15.9 Å². The van der Waals surface area contributed by atoms with Crippen molar-refractivity contribution < 1.29 is 4.74 Å². The van der Waals surface area contributed by atoms with E-state index in [1.807, 2.05) is 38.2 Å². The highest BCUT2D eigenvalue weighted by Crippen LogP contribution is 2.26. The van der Waals surface area contributed by atoms with Crippen LogP contribution in [0.3, 0.4) is 0 Å². The van der Waals surface area contributed by atoms with Crippen molar-refractivity contribution in [2.24, 2.45) is 0 Å². The first-order valence-electron chi connectivity index (χ1n) is 5.26. The van der Waals surface area contributed by atoms with Crippen LogP contribution in [-0.2, 0) is 0 Å². The zero-order valence-electron chi connectivity index (χ0n) is 9.70. The lowest BCUT2D eigenvalue weighted by atomic mass is 10.2. The summed E-state index contributed by atoms with van der Waals surface area (Å²) in [5.74, 6) is 1.53. The number of aromatic nitrogens is 1. The van der Waals surface area contributed by atoms with Crippen LogP contribution in [0, 0.1) is 6.92 Å². The van der Waals surface area contributed by atoms with Crippen LogP contribution in [0.2, 0.25) is 0 Å². The van der Waals surface area contributed by atoms with E-state index in [2.05, 4.69) is 26.2 Å². The van der Waals surface area contributed by atoms with Crippen molar-refractivity contribution in [1.82, 2.24) is 4.98 Å². The molecule has 0 fully saturated rings. The molecule has 0 bridgehead atoms. The maximum absolute atomic E-state index is 5.73. The lowest BCUT2D eigenvalue weighted by molar-refractivity contribution is 0.480. The van der Waals surface area contributed by atoms with Crippen molar-refractivity contribution in [1.29, 1.82) is 0 Å². The Bertz CT molecular complexity index is 529. The smallest absolute Gasteiger partial charge is 0.147 e. The monoisotopic (exact) mass is 292 g/mol. The van der Waals surface area contributed by atoms with E-state index < -0.39 is 0 Å². The fourth-order valence-electron chi connectivity index (χ4n) is 1.43. The molecule has 2 rings (SSSR count). The third-order valence-electron chi connectivity index (χ3n) is 2.37. The third kappa shape index (κ3) is 2.97. The number of pyridine rings is 1. The molecule has 0 unspecified atom stereocenters. The highest BCUT2D eigenvalue weighted by molar-refractivity contribution is 9.10. The topological polar surface area (TPSA) is 34.2 Å². The Labute approximate surface area is 109 Å². The van der Waals surface area contributed by atoms with Gasteiger partial charge in [0.05, 0.1) is 18.1 Å². The number of anilines is 1. The SMILES string of the molecule is CNc1cncc(Oc2ccc(Br)c(C)c2)c1. The van der Waals surface area contributed by atoms with Gasteiger partial charge in [-0.1, -0.05) is 15.9 Å². The summed E-state index contributed by atoms with van der Waals surface area (Å²) in [6.45, 7) is 2.03. The van der Waals surface area contributed by atoms with Crippen LogP contribution in [0.25, 0.3) is 0 Å². The molecule has 1 heterocycles. The van der Waals surface area contributed by atoms with Gasteiger partial charge >= 0.3 is 0 Å². The van der Waals surface area contributed by atoms with Gasteiger partial charge in [0.1, 0.15) is 11.5 Å². The largest absolute Gasteiger partial charge is 0.456 e. The molecule has 1 aromatic heterocycles. The first kappa shape index (κ1) is 11.9. The molecule has 88 valence electrons. The van der Waals surface area contributed by atoms with E-state index in [4.69, 9.17) is 4.74 Å². The van der Waals surface area contributed by atoms with Crippen LogP contribution in [0.1, 0.15) is 5.56 Å². The maximum Gasteiger partial charge on any atom is 0.147 e. The molecular weight excluding hydrogens is 280 g/mol. The van der Waals surface area contributed by atoms with Crippen LogP contribution < -0.4 is 10.1 Å². The fraction of sp³-hybridized carbons (Fsp3) is 0.154. The molecule has 1 aromatic carbocycles. The molecule has 17 heavy (non-hydrogen) atoms. The Kier molecular flexibility index (Phi) is 3.64. The zero-order chi connectivity index (χ0) is 12.3. The molecule has 0 aliphatic heterocycles. The zero-order valence-corrected chi connectivity index (χ0v) is 11.3. The van der Waals surface area contributed by atoms with E-state index in [1.165, 1.54) is 0 Å². The Balaban J connectivity index is 2.22. The average Bonchev–Trinajstić information content (AvgIpc) is 2.34. The van der Waals surface area contributed by atoms with Gasteiger partial charge in [-0.3, -0.25) is 4.98 Å². The summed E-state index contributed by atoms with van der Waals surface area (Å²) in [6, 6.07) is 7.78. The molecular formula is C13H13BrN2O. The van der Waals surface area contributed by atoms with E-state index in [0.29, 0.717) is 0 Å². The van der Waals surface area contributed by atoms with Crippen LogP contribution in [0.15, 0.2) is 41.1 Å². The summed E-state index contributed by atoms with van der Waals surface area (Å²) in [5.41, 5.74) is 2.07. The van der Waals surface area contributed by atoms with E-state index in [1.54, 1.807) is 12.4 Å². The molecule has 1 N–H and O–H groups in total. The van der Waals surface area contributed by atoms with Gasteiger partial charge in [0, 0.05) is 17.6 Å². The van der Waals surface area contributed by atoms with E-state index in [0.717, 1.165) is 27.2 Å². The second-order valence-corrected chi connectivity index (χ2v) is 4.53.